The number of sulfonamides is 1. The van der Waals surface area contributed by atoms with E-state index in [2.05, 4.69) is 4.90 Å². The van der Waals surface area contributed by atoms with Crippen LogP contribution in [0.15, 0.2) is 23.1 Å². The minimum absolute atomic E-state index is 0.146. The van der Waals surface area contributed by atoms with Crippen LogP contribution >= 0.6 is 0 Å². The number of benzene rings is 1. The molecule has 1 aliphatic rings. The standard InChI is InChI=1S/C15H24N2O3S/c1-13-5-6-15(11-14(13)12-18)21(19,20)16(2)9-10-17-7-3-4-8-17/h5-6,11,18H,3-4,7-10,12H2,1-2H3. The molecule has 1 heterocycles. The molecule has 1 aromatic carbocycles. The van der Waals surface area contributed by atoms with Gasteiger partial charge in [0.2, 0.25) is 10.0 Å². The van der Waals surface area contributed by atoms with Crippen molar-refractivity contribution in [3.8, 4) is 0 Å². The summed E-state index contributed by atoms with van der Waals surface area (Å²) in [4.78, 5) is 2.54. The highest BCUT2D eigenvalue weighted by molar-refractivity contribution is 7.89. The summed E-state index contributed by atoms with van der Waals surface area (Å²) in [6.07, 6.45) is 2.41. The van der Waals surface area contributed by atoms with Crippen LogP contribution in [0, 0.1) is 6.92 Å². The molecule has 0 bridgehead atoms. The van der Waals surface area contributed by atoms with E-state index in [4.69, 9.17) is 0 Å². The van der Waals surface area contributed by atoms with E-state index < -0.39 is 10.0 Å². The summed E-state index contributed by atoms with van der Waals surface area (Å²) in [5, 5.41) is 9.28. The SMILES string of the molecule is Cc1ccc(S(=O)(=O)N(C)CCN2CCCC2)cc1CO. The zero-order chi connectivity index (χ0) is 15.5. The number of hydrogen-bond acceptors (Lipinski definition) is 4. The van der Waals surface area contributed by atoms with E-state index in [1.807, 2.05) is 6.92 Å². The van der Waals surface area contributed by atoms with Crippen LogP contribution in [-0.4, -0.2) is 56.0 Å². The normalized spacial score (nSPS) is 16.8. The van der Waals surface area contributed by atoms with Gasteiger partial charge < -0.3 is 10.0 Å². The zero-order valence-electron chi connectivity index (χ0n) is 12.7. The topological polar surface area (TPSA) is 60.9 Å². The third-order valence-electron chi connectivity index (χ3n) is 4.13. The quantitative estimate of drug-likeness (QED) is 0.857. The Morgan fingerprint density at radius 3 is 2.57 bits per heavy atom. The van der Waals surface area contributed by atoms with Crippen LogP contribution in [0.3, 0.4) is 0 Å². The summed E-state index contributed by atoms with van der Waals surface area (Å²) >= 11 is 0. The summed E-state index contributed by atoms with van der Waals surface area (Å²) in [7, 11) is -1.87. The molecule has 0 saturated carbocycles. The van der Waals surface area contributed by atoms with Gasteiger partial charge in [-0.15, -0.1) is 0 Å². The second kappa shape index (κ2) is 6.87. The predicted octanol–water partition coefficient (Wildman–Crippen LogP) is 1.20. The number of rotatable bonds is 6. The van der Waals surface area contributed by atoms with Crippen molar-refractivity contribution < 1.29 is 13.5 Å². The first-order valence-electron chi connectivity index (χ1n) is 7.34. The first kappa shape index (κ1) is 16.4. The molecule has 1 N–H and O–H groups in total. The summed E-state index contributed by atoms with van der Waals surface area (Å²) in [6, 6.07) is 4.92. The van der Waals surface area contributed by atoms with Gasteiger partial charge in [0.05, 0.1) is 11.5 Å². The molecule has 21 heavy (non-hydrogen) atoms. The maximum Gasteiger partial charge on any atom is 0.242 e. The number of aliphatic hydroxyl groups excluding tert-OH is 1. The Kier molecular flexibility index (Phi) is 5.37. The van der Waals surface area contributed by atoms with Crippen molar-refractivity contribution in [3.05, 3.63) is 29.3 Å². The van der Waals surface area contributed by atoms with Gasteiger partial charge in [-0.1, -0.05) is 6.07 Å². The van der Waals surface area contributed by atoms with E-state index in [-0.39, 0.29) is 11.5 Å². The molecule has 5 nitrogen and oxygen atoms in total. The Labute approximate surface area is 127 Å². The fourth-order valence-electron chi connectivity index (χ4n) is 2.57. The van der Waals surface area contributed by atoms with E-state index >= 15 is 0 Å². The zero-order valence-corrected chi connectivity index (χ0v) is 13.6. The van der Waals surface area contributed by atoms with E-state index in [0.29, 0.717) is 12.1 Å². The second-order valence-corrected chi connectivity index (χ2v) is 7.67. The molecule has 0 atom stereocenters. The summed E-state index contributed by atoms with van der Waals surface area (Å²) in [5.74, 6) is 0. The number of aliphatic hydroxyl groups is 1. The fraction of sp³-hybridized carbons (Fsp3) is 0.600. The molecule has 0 radical (unpaired) electrons. The van der Waals surface area contributed by atoms with Crippen LogP contribution in [0.1, 0.15) is 24.0 Å². The molecule has 6 heteroatoms. The minimum Gasteiger partial charge on any atom is -0.392 e. The van der Waals surface area contributed by atoms with Crippen molar-refractivity contribution in [2.75, 3.05) is 33.2 Å². The van der Waals surface area contributed by atoms with Gasteiger partial charge in [0.15, 0.2) is 0 Å². The lowest BCUT2D eigenvalue weighted by Gasteiger charge is -2.21. The molecule has 2 rings (SSSR count). The highest BCUT2D eigenvalue weighted by atomic mass is 32.2. The van der Waals surface area contributed by atoms with Gasteiger partial charge in [0.1, 0.15) is 0 Å². The highest BCUT2D eigenvalue weighted by Crippen LogP contribution is 2.19. The largest absolute Gasteiger partial charge is 0.392 e. The molecule has 1 saturated heterocycles. The molecule has 0 unspecified atom stereocenters. The Balaban J connectivity index is 2.08. The van der Waals surface area contributed by atoms with E-state index in [1.165, 1.54) is 17.1 Å². The van der Waals surface area contributed by atoms with Gasteiger partial charge in [-0.05, 0) is 56.1 Å². The van der Waals surface area contributed by atoms with Gasteiger partial charge in [0, 0.05) is 20.1 Å². The van der Waals surface area contributed by atoms with Gasteiger partial charge in [-0.2, -0.15) is 4.31 Å². The van der Waals surface area contributed by atoms with Crippen molar-refractivity contribution in [3.63, 3.8) is 0 Å². The Hall–Kier alpha value is -0.950. The number of aryl methyl sites for hydroxylation is 1. The van der Waals surface area contributed by atoms with Gasteiger partial charge in [-0.25, -0.2) is 8.42 Å². The van der Waals surface area contributed by atoms with Crippen molar-refractivity contribution in [1.29, 1.82) is 0 Å². The summed E-state index contributed by atoms with van der Waals surface area (Å²) < 4.78 is 26.5. The van der Waals surface area contributed by atoms with E-state index in [0.717, 1.165) is 25.2 Å². The minimum atomic E-state index is -3.48. The fourth-order valence-corrected chi connectivity index (χ4v) is 3.78. The van der Waals surface area contributed by atoms with Gasteiger partial charge in [-0.3, -0.25) is 0 Å². The summed E-state index contributed by atoms with van der Waals surface area (Å²) in [5.41, 5.74) is 1.56. The second-order valence-electron chi connectivity index (χ2n) is 5.62. The molecule has 1 fully saturated rings. The lowest BCUT2D eigenvalue weighted by Crippen LogP contribution is -2.35. The maximum atomic E-state index is 12.5. The van der Waals surface area contributed by atoms with Crippen LogP contribution in [0.2, 0.25) is 0 Å². The van der Waals surface area contributed by atoms with Crippen LogP contribution in [0.4, 0.5) is 0 Å². The average Bonchev–Trinajstić information content (AvgIpc) is 2.98. The summed E-state index contributed by atoms with van der Waals surface area (Å²) in [6.45, 7) is 5.10. The number of hydrogen-bond donors (Lipinski definition) is 1. The third kappa shape index (κ3) is 3.83. The molecule has 1 aliphatic heterocycles. The average molecular weight is 312 g/mol. The number of likely N-dealkylation sites (tertiary alicyclic amines) is 1. The number of likely N-dealkylation sites (N-methyl/N-ethyl adjacent to an activating group) is 1. The third-order valence-corrected chi connectivity index (χ3v) is 5.98. The Bertz CT molecular complexity index is 581. The first-order valence-corrected chi connectivity index (χ1v) is 8.78. The highest BCUT2D eigenvalue weighted by Gasteiger charge is 2.22. The van der Waals surface area contributed by atoms with Crippen molar-refractivity contribution in [2.45, 2.75) is 31.3 Å². The molecule has 1 aromatic rings. The van der Waals surface area contributed by atoms with Crippen LogP contribution in [0.25, 0.3) is 0 Å². The molecular weight excluding hydrogens is 288 g/mol. The lowest BCUT2D eigenvalue weighted by atomic mass is 10.1. The predicted molar refractivity (Wildman–Crippen MR) is 82.6 cm³/mol. The molecule has 0 aromatic heterocycles. The lowest BCUT2D eigenvalue weighted by molar-refractivity contribution is 0.280. The maximum absolute atomic E-state index is 12.5. The monoisotopic (exact) mass is 312 g/mol. The van der Waals surface area contributed by atoms with E-state index in [1.54, 1.807) is 25.2 Å². The number of nitrogens with zero attached hydrogens (tertiary/aromatic N) is 2. The van der Waals surface area contributed by atoms with E-state index in [9.17, 15) is 13.5 Å². The van der Waals surface area contributed by atoms with Gasteiger partial charge >= 0.3 is 0 Å². The Morgan fingerprint density at radius 1 is 1.29 bits per heavy atom. The van der Waals surface area contributed by atoms with Crippen LogP contribution in [-0.2, 0) is 16.6 Å². The van der Waals surface area contributed by atoms with Gasteiger partial charge in [0.25, 0.3) is 0 Å². The smallest absolute Gasteiger partial charge is 0.242 e. The molecule has 0 spiro atoms. The molecule has 0 aliphatic carbocycles. The Morgan fingerprint density at radius 2 is 1.95 bits per heavy atom. The van der Waals surface area contributed by atoms with Crippen LogP contribution < -0.4 is 0 Å². The first-order chi connectivity index (χ1) is 9.95. The van der Waals surface area contributed by atoms with Crippen LogP contribution in [0.5, 0.6) is 0 Å². The molecule has 0 amide bonds. The van der Waals surface area contributed by atoms with Crippen molar-refractivity contribution in [2.24, 2.45) is 0 Å². The molecular formula is C15H24N2O3S. The molecule has 118 valence electrons. The van der Waals surface area contributed by atoms with Crippen molar-refractivity contribution >= 4 is 10.0 Å². The van der Waals surface area contributed by atoms with Crippen molar-refractivity contribution in [1.82, 2.24) is 9.21 Å².